The van der Waals surface area contributed by atoms with Crippen molar-refractivity contribution in [1.29, 1.82) is 0 Å². The van der Waals surface area contributed by atoms with E-state index in [-0.39, 0.29) is 24.0 Å². The number of fused-ring (bicyclic) bond motifs is 1. The standard InChI is InChI=1S/C21H34N2O3/c1-23(2)21(26)13-22-12-14-9-16-11-20(25)17(18(16)10-14)7-8-19(24)15-5-3-4-6-15/h7-8,12,15-20,22,24-25H,3-6,9-11,13H2,1-2H3/b8-7+,14-12+/t16-,17?,18-,19+,20?/m0/s1. The van der Waals surface area contributed by atoms with Crippen molar-refractivity contribution in [1.82, 2.24) is 10.2 Å². The molecule has 3 aliphatic rings. The van der Waals surface area contributed by atoms with E-state index in [2.05, 4.69) is 11.4 Å². The lowest BCUT2D eigenvalue weighted by molar-refractivity contribution is -0.127. The maximum atomic E-state index is 11.6. The molecule has 146 valence electrons. The number of rotatable bonds is 6. The van der Waals surface area contributed by atoms with Crippen molar-refractivity contribution in [2.45, 2.75) is 57.2 Å². The zero-order valence-electron chi connectivity index (χ0n) is 16.1. The minimum Gasteiger partial charge on any atom is -0.392 e. The molecule has 0 aromatic rings. The van der Waals surface area contributed by atoms with E-state index in [1.54, 1.807) is 19.0 Å². The number of likely N-dealkylation sites (N-methyl/N-ethyl adjacent to an activating group) is 1. The molecule has 3 aliphatic carbocycles. The Hall–Kier alpha value is -1.33. The zero-order chi connectivity index (χ0) is 18.7. The van der Waals surface area contributed by atoms with Gasteiger partial charge < -0.3 is 20.4 Å². The molecule has 0 bridgehead atoms. The molecule has 0 spiro atoms. The number of nitrogens with zero attached hydrogens (tertiary/aromatic N) is 1. The van der Waals surface area contributed by atoms with Gasteiger partial charge in [0.15, 0.2) is 0 Å². The Bertz CT molecular complexity index is 551. The highest BCUT2D eigenvalue weighted by Crippen LogP contribution is 2.50. The van der Waals surface area contributed by atoms with Gasteiger partial charge in [0.2, 0.25) is 5.91 Å². The first-order valence-electron chi connectivity index (χ1n) is 10.1. The summed E-state index contributed by atoms with van der Waals surface area (Å²) in [6.07, 6.45) is 12.9. The van der Waals surface area contributed by atoms with Crippen molar-refractivity contribution < 1.29 is 15.0 Å². The van der Waals surface area contributed by atoms with Gasteiger partial charge in [-0.2, -0.15) is 0 Å². The van der Waals surface area contributed by atoms with Crippen LogP contribution in [0.4, 0.5) is 0 Å². The Morgan fingerprint density at radius 1 is 1.31 bits per heavy atom. The van der Waals surface area contributed by atoms with Crippen LogP contribution in [0.15, 0.2) is 23.9 Å². The fourth-order valence-corrected chi connectivity index (χ4v) is 5.03. The monoisotopic (exact) mass is 362 g/mol. The lowest BCUT2D eigenvalue weighted by Crippen LogP contribution is -2.30. The van der Waals surface area contributed by atoms with E-state index in [1.807, 2.05) is 12.3 Å². The fraction of sp³-hybridized carbons (Fsp3) is 0.762. The Morgan fingerprint density at radius 2 is 2.04 bits per heavy atom. The predicted molar refractivity (Wildman–Crippen MR) is 102 cm³/mol. The average Bonchev–Trinajstić information content (AvgIpc) is 3.29. The molecule has 26 heavy (non-hydrogen) atoms. The summed E-state index contributed by atoms with van der Waals surface area (Å²) in [5, 5.41) is 24.0. The minimum absolute atomic E-state index is 0.0668. The summed E-state index contributed by atoms with van der Waals surface area (Å²) in [5.41, 5.74) is 1.34. The lowest BCUT2D eigenvalue weighted by Gasteiger charge is -2.19. The third-order valence-electron chi connectivity index (χ3n) is 6.58. The molecule has 0 aliphatic heterocycles. The molecule has 3 saturated carbocycles. The van der Waals surface area contributed by atoms with Crippen LogP contribution >= 0.6 is 0 Å². The number of allylic oxidation sites excluding steroid dienone is 1. The van der Waals surface area contributed by atoms with Gasteiger partial charge >= 0.3 is 0 Å². The van der Waals surface area contributed by atoms with Crippen molar-refractivity contribution >= 4 is 5.91 Å². The SMILES string of the molecule is CN(C)C(=O)CN/C=C1\C[C@H]2CC(O)C(/C=C/[C@@H](O)C3CCCC3)[C@H]2C1. The molecule has 3 N–H and O–H groups in total. The van der Waals surface area contributed by atoms with Crippen molar-refractivity contribution in [2.75, 3.05) is 20.6 Å². The summed E-state index contributed by atoms with van der Waals surface area (Å²) in [5.74, 6) is 1.58. The van der Waals surface area contributed by atoms with Gasteiger partial charge in [0.05, 0.1) is 18.8 Å². The summed E-state index contributed by atoms with van der Waals surface area (Å²) in [4.78, 5) is 13.2. The first-order valence-corrected chi connectivity index (χ1v) is 10.1. The van der Waals surface area contributed by atoms with Crippen molar-refractivity contribution in [3.05, 3.63) is 23.9 Å². The second-order valence-corrected chi connectivity index (χ2v) is 8.60. The molecule has 3 rings (SSSR count). The van der Waals surface area contributed by atoms with Crippen molar-refractivity contribution in [2.24, 2.45) is 23.7 Å². The summed E-state index contributed by atoms with van der Waals surface area (Å²) in [7, 11) is 3.52. The molecule has 0 radical (unpaired) electrons. The third-order valence-corrected chi connectivity index (χ3v) is 6.58. The molecule has 0 saturated heterocycles. The fourth-order valence-electron chi connectivity index (χ4n) is 5.03. The summed E-state index contributed by atoms with van der Waals surface area (Å²) in [6.45, 7) is 0.325. The van der Waals surface area contributed by atoms with Crippen LogP contribution in [-0.4, -0.2) is 53.9 Å². The van der Waals surface area contributed by atoms with E-state index < -0.39 is 0 Å². The number of aliphatic hydroxyl groups excluding tert-OH is 2. The number of amides is 1. The molecule has 1 amide bonds. The van der Waals surface area contributed by atoms with Gasteiger partial charge in [0.1, 0.15) is 0 Å². The van der Waals surface area contributed by atoms with Gasteiger partial charge in [-0.3, -0.25) is 4.79 Å². The van der Waals surface area contributed by atoms with E-state index in [9.17, 15) is 15.0 Å². The van der Waals surface area contributed by atoms with E-state index in [0.29, 0.717) is 24.3 Å². The number of hydrogen-bond acceptors (Lipinski definition) is 4. The van der Waals surface area contributed by atoms with Crippen LogP contribution in [0, 0.1) is 23.7 Å². The van der Waals surface area contributed by atoms with Gasteiger partial charge in [0.25, 0.3) is 0 Å². The van der Waals surface area contributed by atoms with E-state index in [1.165, 1.54) is 18.4 Å². The van der Waals surface area contributed by atoms with Gasteiger partial charge in [0, 0.05) is 20.0 Å². The number of nitrogens with one attached hydrogen (secondary N) is 1. The Labute approximate surface area is 157 Å². The highest BCUT2D eigenvalue weighted by Gasteiger charge is 2.45. The molecule has 5 heteroatoms. The molecule has 2 unspecified atom stereocenters. The number of aliphatic hydroxyl groups is 2. The third kappa shape index (κ3) is 4.49. The van der Waals surface area contributed by atoms with Crippen molar-refractivity contribution in [3.63, 3.8) is 0 Å². The topological polar surface area (TPSA) is 72.8 Å². The molecular weight excluding hydrogens is 328 g/mol. The molecule has 5 atom stereocenters. The molecule has 3 fully saturated rings. The van der Waals surface area contributed by atoms with Crippen LogP contribution < -0.4 is 5.32 Å². The van der Waals surface area contributed by atoms with Gasteiger partial charge in [-0.1, -0.05) is 30.6 Å². The molecule has 0 aromatic carbocycles. The Kier molecular flexibility index (Phi) is 6.41. The van der Waals surface area contributed by atoms with Crippen molar-refractivity contribution in [3.8, 4) is 0 Å². The van der Waals surface area contributed by atoms with E-state index >= 15 is 0 Å². The molecular formula is C21H34N2O3. The van der Waals surface area contributed by atoms with E-state index in [4.69, 9.17) is 0 Å². The molecule has 0 aromatic heterocycles. The first-order chi connectivity index (χ1) is 12.5. The predicted octanol–water partition coefficient (Wildman–Crippen LogP) is 2.06. The number of carbonyl (C=O) groups excluding carboxylic acids is 1. The Balaban J connectivity index is 1.54. The summed E-state index contributed by atoms with van der Waals surface area (Å²) in [6, 6.07) is 0. The quantitative estimate of drug-likeness (QED) is 0.633. The average molecular weight is 363 g/mol. The first kappa shape index (κ1) is 19.4. The van der Waals surface area contributed by atoms with Gasteiger partial charge in [-0.05, 0) is 56.1 Å². The Morgan fingerprint density at radius 3 is 2.73 bits per heavy atom. The van der Waals surface area contributed by atoms with Crippen LogP contribution in [0.3, 0.4) is 0 Å². The number of hydrogen-bond donors (Lipinski definition) is 3. The maximum Gasteiger partial charge on any atom is 0.241 e. The zero-order valence-corrected chi connectivity index (χ0v) is 16.1. The van der Waals surface area contributed by atoms with E-state index in [0.717, 1.165) is 32.1 Å². The lowest BCUT2D eigenvalue weighted by atomic mass is 9.89. The van der Waals surface area contributed by atoms with Crippen LogP contribution in [0.25, 0.3) is 0 Å². The number of carbonyl (C=O) groups is 1. The molecule has 5 nitrogen and oxygen atoms in total. The van der Waals surface area contributed by atoms with Gasteiger partial charge in [-0.25, -0.2) is 0 Å². The van der Waals surface area contributed by atoms with Crippen LogP contribution in [-0.2, 0) is 4.79 Å². The smallest absolute Gasteiger partial charge is 0.241 e. The van der Waals surface area contributed by atoms with Crippen LogP contribution in [0.5, 0.6) is 0 Å². The second kappa shape index (κ2) is 8.57. The summed E-state index contributed by atoms with van der Waals surface area (Å²) >= 11 is 0. The minimum atomic E-state index is -0.362. The van der Waals surface area contributed by atoms with Crippen LogP contribution in [0.1, 0.15) is 44.9 Å². The maximum absolute atomic E-state index is 11.6. The molecule has 0 heterocycles. The van der Waals surface area contributed by atoms with Gasteiger partial charge in [-0.15, -0.1) is 0 Å². The summed E-state index contributed by atoms with van der Waals surface area (Å²) < 4.78 is 0. The second-order valence-electron chi connectivity index (χ2n) is 8.60. The highest BCUT2D eigenvalue weighted by molar-refractivity contribution is 5.77. The van der Waals surface area contributed by atoms with Crippen LogP contribution in [0.2, 0.25) is 0 Å². The largest absolute Gasteiger partial charge is 0.392 e. The normalized spacial score (nSPS) is 34.5. The highest BCUT2D eigenvalue weighted by atomic mass is 16.3.